The average Bonchev–Trinajstić information content (AvgIpc) is 2.63. The van der Waals surface area contributed by atoms with Crippen molar-refractivity contribution < 1.29 is 8.42 Å². The Bertz CT molecular complexity index is 1120. The molecular weight excluding hydrogens is 360 g/mol. The average molecular weight is 378 g/mol. The Labute approximate surface area is 158 Å². The van der Waals surface area contributed by atoms with Gasteiger partial charge in [-0.3, -0.25) is 4.72 Å². The smallest absolute Gasteiger partial charge is 0.263 e. The number of rotatable bonds is 5. The Balaban J connectivity index is 1.78. The van der Waals surface area contributed by atoms with Crippen molar-refractivity contribution in [3.05, 3.63) is 77.5 Å². The molecule has 0 bridgehead atoms. The van der Waals surface area contributed by atoms with Gasteiger partial charge in [-0.1, -0.05) is 29.8 Å². The van der Waals surface area contributed by atoms with E-state index in [0.29, 0.717) is 22.5 Å². The summed E-state index contributed by atoms with van der Waals surface area (Å²) in [7, 11) is -3.72. The topological polar surface area (TPSA) is 94.9 Å². The number of aryl methyl sites for hydroxylation is 2. The second kappa shape index (κ2) is 7.48. The van der Waals surface area contributed by atoms with Crippen LogP contribution in [-0.2, 0) is 10.0 Å². The lowest BCUT2D eigenvalue weighted by molar-refractivity contribution is 0.600. The third-order valence-electron chi connectivity index (χ3n) is 3.95. The number of sulfonamides is 1. The molecule has 2 N–H and O–H groups in total. The number of anilines is 3. The normalized spacial score (nSPS) is 10.9. The first-order chi connectivity index (χ1) is 12.9. The molecule has 3 aromatic rings. The first-order valence-electron chi connectivity index (χ1n) is 8.21. The number of benzene rings is 2. The fourth-order valence-corrected chi connectivity index (χ4v) is 3.90. The summed E-state index contributed by atoms with van der Waals surface area (Å²) in [5.74, 6) is 0.217. The Morgan fingerprint density at radius 1 is 1.04 bits per heavy atom. The summed E-state index contributed by atoms with van der Waals surface area (Å²) in [6.07, 6.45) is 1.51. The lowest BCUT2D eigenvalue weighted by atomic mass is 10.2. The van der Waals surface area contributed by atoms with Crippen LogP contribution < -0.4 is 10.0 Å². The predicted octanol–water partition coefficient (Wildman–Crippen LogP) is 4.11. The van der Waals surface area contributed by atoms with E-state index in [1.807, 2.05) is 19.1 Å². The number of pyridine rings is 1. The van der Waals surface area contributed by atoms with Gasteiger partial charge in [0.15, 0.2) is 0 Å². The number of hydrogen-bond acceptors (Lipinski definition) is 5. The van der Waals surface area contributed by atoms with E-state index in [9.17, 15) is 8.42 Å². The van der Waals surface area contributed by atoms with E-state index in [2.05, 4.69) is 21.1 Å². The first kappa shape index (κ1) is 18.4. The Morgan fingerprint density at radius 3 is 2.48 bits per heavy atom. The molecule has 0 radical (unpaired) electrons. The number of nitriles is 1. The van der Waals surface area contributed by atoms with Crippen LogP contribution in [0.4, 0.5) is 17.2 Å². The van der Waals surface area contributed by atoms with E-state index < -0.39 is 10.0 Å². The number of nitrogens with zero attached hydrogens (tertiary/aromatic N) is 2. The Hall–Kier alpha value is -3.37. The quantitative estimate of drug-likeness (QED) is 0.696. The van der Waals surface area contributed by atoms with E-state index in [4.69, 9.17) is 5.26 Å². The zero-order chi connectivity index (χ0) is 19.4. The molecule has 0 saturated carbocycles. The highest BCUT2D eigenvalue weighted by atomic mass is 32.2. The molecule has 27 heavy (non-hydrogen) atoms. The maximum absolute atomic E-state index is 12.6. The molecule has 7 heteroatoms. The van der Waals surface area contributed by atoms with Crippen molar-refractivity contribution in [2.75, 3.05) is 10.0 Å². The molecule has 0 fully saturated rings. The molecule has 0 aliphatic rings. The fraction of sp³-hybridized carbons (Fsp3) is 0.100. The van der Waals surface area contributed by atoms with Gasteiger partial charge in [-0.05, 0) is 49.7 Å². The van der Waals surface area contributed by atoms with Crippen molar-refractivity contribution in [3.63, 3.8) is 0 Å². The molecule has 0 amide bonds. The number of aromatic nitrogens is 1. The maximum atomic E-state index is 12.6. The van der Waals surface area contributed by atoms with E-state index >= 15 is 0 Å². The van der Waals surface area contributed by atoms with E-state index in [-0.39, 0.29) is 10.7 Å². The van der Waals surface area contributed by atoms with Gasteiger partial charge in [-0.2, -0.15) is 5.26 Å². The van der Waals surface area contributed by atoms with Crippen molar-refractivity contribution in [2.45, 2.75) is 18.7 Å². The van der Waals surface area contributed by atoms with Crippen molar-refractivity contribution >= 4 is 27.2 Å². The second-order valence-corrected chi connectivity index (χ2v) is 7.74. The van der Waals surface area contributed by atoms with Gasteiger partial charge in [0.05, 0.1) is 28.0 Å². The molecular formula is C20H18N4O2S. The highest BCUT2D eigenvalue weighted by Gasteiger charge is 2.17. The molecule has 136 valence electrons. The van der Waals surface area contributed by atoms with Crippen LogP contribution in [0.15, 0.2) is 65.7 Å². The zero-order valence-electron chi connectivity index (χ0n) is 14.9. The summed E-state index contributed by atoms with van der Waals surface area (Å²) >= 11 is 0. The molecule has 0 unspecified atom stereocenters. The van der Waals surface area contributed by atoms with Crippen molar-refractivity contribution in [2.24, 2.45) is 0 Å². The van der Waals surface area contributed by atoms with Crippen LogP contribution in [0.3, 0.4) is 0 Å². The number of para-hydroxylation sites is 1. The number of hydrogen-bond donors (Lipinski definition) is 2. The van der Waals surface area contributed by atoms with E-state index in [0.717, 1.165) is 5.56 Å². The third-order valence-corrected chi connectivity index (χ3v) is 5.46. The van der Waals surface area contributed by atoms with Gasteiger partial charge >= 0.3 is 0 Å². The van der Waals surface area contributed by atoms with Gasteiger partial charge in [-0.15, -0.1) is 0 Å². The zero-order valence-corrected chi connectivity index (χ0v) is 15.7. The number of nitrogens with one attached hydrogen (secondary N) is 2. The molecule has 0 aliphatic heterocycles. The van der Waals surface area contributed by atoms with Crippen LogP contribution in [0, 0.1) is 25.2 Å². The summed E-state index contributed by atoms with van der Waals surface area (Å²) < 4.78 is 27.7. The van der Waals surface area contributed by atoms with Crippen LogP contribution in [0.2, 0.25) is 0 Å². The van der Waals surface area contributed by atoms with Gasteiger partial charge in [0.2, 0.25) is 0 Å². The molecule has 0 aliphatic carbocycles. The summed E-state index contributed by atoms with van der Waals surface area (Å²) in [4.78, 5) is 4.37. The Morgan fingerprint density at radius 2 is 1.81 bits per heavy atom. The van der Waals surface area contributed by atoms with Crippen LogP contribution in [0.25, 0.3) is 0 Å². The minimum atomic E-state index is -3.72. The SMILES string of the molecule is Cc1ccc(S(=O)(=O)Nc2ccc(Nc3ccccc3C#N)cn2)c(C)c1. The largest absolute Gasteiger partial charge is 0.353 e. The van der Waals surface area contributed by atoms with Gasteiger partial charge < -0.3 is 5.32 Å². The summed E-state index contributed by atoms with van der Waals surface area (Å²) in [5.41, 5.74) is 3.49. The second-order valence-electron chi connectivity index (χ2n) is 6.09. The van der Waals surface area contributed by atoms with Gasteiger partial charge in [0.1, 0.15) is 11.9 Å². The molecule has 3 rings (SSSR count). The standard InChI is InChI=1S/C20H18N4O2S/c1-14-7-9-19(15(2)11-14)27(25,26)24-20-10-8-17(13-22-20)23-18-6-4-3-5-16(18)12-21/h3-11,13,23H,1-2H3,(H,22,24). The first-order valence-corrected chi connectivity index (χ1v) is 9.69. The molecule has 0 spiro atoms. The molecule has 0 saturated heterocycles. The predicted molar refractivity (Wildman–Crippen MR) is 105 cm³/mol. The minimum Gasteiger partial charge on any atom is -0.353 e. The summed E-state index contributed by atoms with van der Waals surface area (Å²) in [5, 5.41) is 12.2. The van der Waals surface area contributed by atoms with Crippen LogP contribution >= 0.6 is 0 Å². The van der Waals surface area contributed by atoms with Crippen LogP contribution in [0.1, 0.15) is 16.7 Å². The van der Waals surface area contributed by atoms with Gasteiger partial charge in [0, 0.05) is 0 Å². The van der Waals surface area contributed by atoms with Gasteiger partial charge in [0.25, 0.3) is 10.0 Å². The third kappa shape index (κ3) is 4.25. The van der Waals surface area contributed by atoms with Crippen LogP contribution in [-0.4, -0.2) is 13.4 Å². The summed E-state index contributed by atoms with van der Waals surface area (Å²) in [6, 6.07) is 17.6. The molecule has 0 atom stereocenters. The Kier molecular flexibility index (Phi) is 5.10. The minimum absolute atomic E-state index is 0.217. The molecule has 2 aromatic carbocycles. The fourth-order valence-electron chi connectivity index (χ4n) is 2.67. The van der Waals surface area contributed by atoms with Crippen molar-refractivity contribution in [3.8, 4) is 6.07 Å². The highest BCUT2D eigenvalue weighted by Crippen LogP contribution is 2.22. The van der Waals surface area contributed by atoms with Gasteiger partial charge in [-0.25, -0.2) is 13.4 Å². The van der Waals surface area contributed by atoms with E-state index in [1.54, 1.807) is 49.4 Å². The molecule has 1 aromatic heterocycles. The van der Waals surface area contributed by atoms with Crippen LogP contribution in [0.5, 0.6) is 0 Å². The molecule has 1 heterocycles. The lowest BCUT2D eigenvalue weighted by Gasteiger charge is -2.11. The summed E-state index contributed by atoms with van der Waals surface area (Å²) in [6.45, 7) is 3.67. The highest BCUT2D eigenvalue weighted by molar-refractivity contribution is 7.92. The van der Waals surface area contributed by atoms with E-state index in [1.165, 1.54) is 6.20 Å². The van der Waals surface area contributed by atoms with Crippen molar-refractivity contribution in [1.29, 1.82) is 5.26 Å². The lowest BCUT2D eigenvalue weighted by Crippen LogP contribution is -2.15. The molecule has 6 nitrogen and oxygen atoms in total. The maximum Gasteiger partial charge on any atom is 0.263 e. The van der Waals surface area contributed by atoms with Crippen molar-refractivity contribution in [1.82, 2.24) is 4.98 Å². The monoisotopic (exact) mass is 378 g/mol.